The number of benzene rings is 1. The van der Waals surface area contributed by atoms with Gasteiger partial charge in [0, 0.05) is 7.05 Å². The molecule has 1 aromatic carbocycles. The Balaban J connectivity index is 0.00000225. The smallest absolute Gasteiger partial charge is 0.209 e. The number of fused-ring (bicyclic) bond motifs is 1. The van der Waals surface area contributed by atoms with Gasteiger partial charge in [0.25, 0.3) is 0 Å². The van der Waals surface area contributed by atoms with Crippen molar-refractivity contribution in [2.75, 3.05) is 5.73 Å². The van der Waals surface area contributed by atoms with E-state index >= 15 is 0 Å². The van der Waals surface area contributed by atoms with Crippen LogP contribution in [0, 0.1) is 23.5 Å². The van der Waals surface area contributed by atoms with Crippen LogP contribution >= 0.6 is 12.4 Å². The number of hydrogen-bond donors (Lipinski definition) is 2. The molecule has 1 fully saturated rings. The van der Waals surface area contributed by atoms with Crippen LogP contribution in [0.2, 0.25) is 0 Å². The Labute approximate surface area is 166 Å². The van der Waals surface area contributed by atoms with Crippen molar-refractivity contribution in [1.29, 1.82) is 0 Å². The summed E-state index contributed by atoms with van der Waals surface area (Å²) in [6.45, 7) is 0. The lowest BCUT2D eigenvalue weighted by molar-refractivity contribution is 0.110. The number of halogens is 3. The highest BCUT2D eigenvalue weighted by atomic mass is 35.5. The number of aliphatic hydroxyl groups is 1. The van der Waals surface area contributed by atoms with Crippen LogP contribution < -0.4 is 5.73 Å². The molecule has 1 saturated carbocycles. The molecule has 2 aromatic heterocycles. The van der Waals surface area contributed by atoms with E-state index in [1.807, 2.05) is 0 Å². The van der Waals surface area contributed by atoms with Crippen molar-refractivity contribution in [2.24, 2.45) is 7.05 Å². The van der Waals surface area contributed by atoms with Gasteiger partial charge in [-0.1, -0.05) is 12.0 Å². The van der Waals surface area contributed by atoms with Crippen molar-refractivity contribution in [3.8, 4) is 23.2 Å². The molecule has 0 aliphatic heterocycles. The predicted octanol–water partition coefficient (Wildman–Crippen LogP) is 2.97. The van der Waals surface area contributed by atoms with Crippen molar-refractivity contribution in [1.82, 2.24) is 19.5 Å². The quantitative estimate of drug-likeness (QED) is 0.607. The molecule has 6 nitrogen and oxygen atoms in total. The number of nitrogens with two attached hydrogens (primary N) is 1. The zero-order valence-electron chi connectivity index (χ0n) is 15.0. The fraction of sp³-hybridized carbons (Fsp3) is 0.316. The van der Waals surface area contributed by atoms with E-state index < -0.39 is 17.2 Å². The first kappa shape index (κ1) is 20.0. The monoisotopic (exact) mass is 405 g/mol. The van der Waals surface area contributed by atoms with Gasteiger partial charge in [0.2, 0.25) is 5.82 Å². The molecular formula is C19H18ClF2N5O. The number of anilines is 1. The molecule has 0 radical (unpaired) electrons. The van der Waals surface area contributed by atoms with E-state index in [1.54, 1.807) is 7.05 Å². The minimum atomic E-state index is -1.02. The van der Waals surface area contributed by atoms with Crippen molar-refractivity contribution < 1.29 is 13.9 Å². The van der Waals surface area contributed by atoms with Crippen LogP contribution in [0.25, 0.3) is 22.6 Å². The Hall–Kier alpha value is -2.76. The van der Waals surface area contributed by atoms with Crippen LogP contribution in [0.5, 0.6) is 0 Å². The van der Waals surface area contributed by atoms with Crippen molar-refractivity contribution >= 4 is 29.4 Å². The first-order chi connectivity index (χ1) is 12.9. The molecule has 1 aliphatic carbocycles. The SMILES string of the molecule is Cl.Cn1c(-c2cccc(F)c2F)nc2c(N)nc(C#CC3(O)CCCC3)nc21. The van der Waals surface area contributed by atoms with Gasteiger partial charge < -0.3 is 15.4 Å². The Morgan fingerprint density at radius 2 is 1.89 bits per heavy atom. The molecule has 9 heteroatoms. The van der Waals surface area contributed by atoms with Gasteiger partial charge in [-0.2, -0.15) is 0 Å². The fourth-order valence-corrected chi connectivity index (χ4v) is 3.31. The van der Waals surface area contributed by atoms with Gasteiger partial charge in [0.05, 0.1) is 5.56 Å². The Morgan fingerprint density at radius 1 is 1.18 bits per heavy atom. The van der Waals surface area contributed by atoms with Crippen LogP contribution in [0.4, 0.5) is 14.6 Å². The van der Waals surface area contributed by atoms with Crippen molar-refractivity contribution in [3.63, 3.8) is 0 Å². The lowest BCUT2D eigenvalue weighted by Gasteiger charge is -2.12. The van der Waals surface area contributed by atoms with E-state index in [0.717, 1.165) is 18.9 Å². The third-order valence-electron chi connectivity index (χ3n) is 4.78. The van der Waals surface area contributed by atoms with Gasteiger partial charge in [-0.3, -0.25) is 0 Å². The molecule has 146 valence electrons. The molecule has 0 bridgehead atoms. The maximum atomic E-state index is 14.2. The van der Waals surface area contributed by atoms with Gasteiger partial charge in [0.1, 0.15) is 11.4 Å². The summed E-state index contributed by atoms with van der Waals surface area (Å²) < 4.78 is 29.3. The molecule has 0 spiro atoms. The third-order valence-corrected chi connectivity index (χ3v) is 4.78. The van der Waals surface area contributed by atoms with Gasteiger partial charge >= 0.3 is 0 Å². The normalized spacial score (nSPS) is 15.1. The van der Waals surface area contributed by atoms with Crippen LogP contribution in [0.1, 0.15) is 31.5 Å². The molecule has 2 heterocycles. The number of aryl methyl sites for hydroxylation is 1. The van der Waals surface area contributed by atoms with Crippen LogP contribution in [0.3, 0.4) is 0 Å². The Morgan fingerprint density at radius 3 is 2.61 bits per heavy atom. The lowest BCUT2D eigenvalue weighted by atomic mass is 10.0. The molecule has 28 heavy (non-hydrogen) atoms. The molecule has 3 N–H and O–H groups in total. The zero-order valence-corrected chi connectivity index (χ0v) is 15.9. The fourth-order valence-electron chi connectivity index (χ4n) is 3.31. The molecule has 3 aromatic rings. The standard InChI is InChI=1S/C19H17F2N5O.ClH/c1-26-17(11-5-4-6-12(20)14(11)21)25-15-16(22)23-13(24-18(15)26)7-10-19(27)8-2-3-9-19;/h4-6,27H,2-3,8-9H2,1H3,(H2,22,23,24);1H. The second kappa shape index (κ2) is 7.34. The summed E-state index contributed by atoms with van der Waals surface area (Å²) >= 11 is 0. The topological polar surface area (TPSA) is 89.9 Å². The third kappa shape index (κ3) is 3.39. The largest absolute Gasteiger partial charge is 0.382 e. The summed E-state index contributed by atoms with van der Waals surface area (Å²) in [6.07, 6.45) is 3.09. The highest BCUT2D eigenvalue weighted by molar-refractivity contribution is 5.86. The van der Waals surface area contributed by atoms with E-state index in [1.165, 1.54) is 16.7 Å². The second-order valence-electron chi connectivity index (χ2n) is 6.69. The minimum Gasteiger partial charge on any atom is -0.382 e. The highest BCUT2D eigenvalue weighted by Gasteiger charge is 2.28. The van der Waals surface area contributed by atoms with Gasteiger partial charge in [0.15, 0.2) is 28.6 Å². The molecule has 1 aliphatic rings. The molecule has 0 atom stereocenters. The number of hydrogen-bond acceptors (Lipinski definition) is 5. The summed E-state index contributed by atoms with van der Waals surface area (Å²) in [5.41, 5.74) is 5.59. The predicted molar refractivity (Wildman–Crippen MR) is 104 cm³/mol. The van der Waals surface area contributed by atoms with E-state index in [4.69, 9.17) is 5.73 Å². The number of rotatable bonds is 1. The van der Waals surface area contributed by atoms with Crippen LogP contribution in [-0.4, -0.2) is 30.2 Å². The zero-order chi connectivity index (χ0) is 19.2. The first-order valence-electron chi connectivity index (χ1n) is 8.58. The van der Waals surface area contributed by atoms with E-state index in [9.17, 15) is 13.9 Å². The van der Waals surface area contributed by atoms with E-state index in [2.05, 4.69) is 26.8 Å². The van der Waals surface area contributed by atoms with Crippen molar-refractivity contribution in [2.45, 2.75) is 31.3 Å². The number of imidazole rings is 1. The maximum Gasteiger partial charge on any atom is 0.209 e. The summed E-state index contributed by atoms with van der Waals surface area (Å²) in [5, 5.41) is 10.3. The van der Waals surface area contributed by atoms with Gasteiger partial charge in [-0.15, -0.1) is 12.4 Å². The average molecular weight is 406 g/mol. The number of nitrogens with zero attached hydrogens (tertiary/aromatic N) is 4. The number of aromatic nitrogens is 4. The summed E-state index contributed by atoms with van der Waals surface area (Å²) in [5.74, 6) is 4.06. The minimum absolute atomic E-state index is 0. The number of nitrogen functional groups attached to an aromatic ring is 1. The second-order valence-corrected chi connectivity index (χ2v) is 6.69. The summed E-state index contributed by atoms with van der Waals surface area (Å²) in [6, 6.07) is 3.87. The Bertz CT molecular complexity index is 1110. The van der Waals surface area contributed by atoms with Crippen molar-refractivity contribution in [3.05, 3.63) is 35.7 Å². The Kier molecular flexibility index (Phi) is 5.24. The van der Waals surface area contributed by atoms with E-state index in [0.29, 0.717) is 18.5 Å². The first-order valence-corrected chi connectivity index (χ1v) is 8.58. The van der Waals surface area contributed by atoms with Crippen LogP contribution in [-0.2, 0) is 7.05 Å². The van der Waals surface area contributed by atoms with Crippen LogP contribution in [0.15, 0.2) is 18.2 Å². The molecule has 0 amide bonds. The summed E-state index contributed by atoms with van der Waals surface area (Å²) in [7, 11) is 1.63. The van der Waals surface area contributed by atoms with E-state index in [-0.39, 0.29) is 41.0 Å². The molecular weight excluding hydrogens is 388 g/mol. The van der Waals surface area contributed by atoms with Gasteiger partial charge in [-0.25, -0.2) is 23.7 Å². The maximum absolute atomic E-state index is 14.2. The molecule has 0 saturated heterocycles. The molecule has 0 unspecified atom stereocenters. The average Bonchev–Trinajstić information content (AvgIpc) is 3.21. The van der Waals surface area contributed by atoms with Gasteiger partial charge in [-0.05, 0) is 43.7 Å². The highest BCUT2D eigenvalue weighted by Crippen LogP contribution is 2.29. The molecule has 4 rings (SSSR count). The summed E-state index contributed by atoms with van der Waals surface area (Å²) in [4.78, 5) is 12.7. The lowest BCUT2D eigenvalue weighted by Crippen LogP contribution is -2.20.